The second kappa shape index (κ2) is 6.49. The van der Waals surface area contributed by atoms with Gasteiger partial charge in [0.15, 0.2) is 5.82 Å². The molecule has 25 heavy (non-hydrogen) atoms. The van der Waals surface area contributed by atoms with Crippen LogP contribution in [0.4, 0.5) is 5.82 Å². The van der Waals surface area contributed by atoms with E-state index in [2.05, 4.69) is 10.2 Å². The number of nitrogens with one attached hydrogen (secondary N) is 1. The van der Waals surface area contributed by atoms with Crippen molar-refractivity contribution in [3.8, 4) is 16.9 Å². The molecular formula is C20H16ClN3O. The van der Waals surface area contributed by atoms with Crippen LogP contribution in [0.15, 0.2) is 66.7 Å². The molecule has 0 radical (unpaired) electrons. The maximum absolute atomic E-state index is 6.47. The highest BCUT2D eigenvalue weighted by molar-refractivity contribution is 6.33. The van der Waals surface area contributed by atoms with Gasteiger partial charge in [0, 0.05) is 10.9 Å². The van der Waals surface area contributed by atoms with Crippen LogP contribution in [0.1, 0.15) is 5.56 Å². The van der Waals surface area contributed by atoms with Gasteiger partial charge in [0.25, 0.3) is 0 Å². The SMILES string of the molecule is Nc1n[nH]c2cc(-c3ccc(OCc4ccccc4)cc3Cl)ccc12. The monoisotopic (exact) mass is 349 g/mol. The minimum atomic E-state index is 0.498. The molecule has 0 unspecified atom stereocenters. The van der Waals surface area contributed by atoms with Crippen molar-refractivity contribution < 1.29 is 4.74 Å². The topological polar surface area (TPSA) is 63.9 Å². The minimum absolute atomic E-state index is 0.498. The van der Waals surface area contributed by atoms with Gasteiger partial charge in [-0.15, -0.1) is 0 Å². The molecule has 0 amide bonds. The minimum Gasteiger partial charge on any atom is -0.489 e. The highest BCUT2D eigenvalue weighted by Gasteiger charge is 2.09. The summed E-state index contributed by atoms with van der Waals surface area (Å²) in [5.74, 6) is 1.24. The van der Waals surface area contributed by atoms with Crippen LogP contribution in [0.2, 0.25) is 5.02 Å². The van der Waals surface area contributed by atoms with E-state index in [1.807, 2.05) is 66.7 Å². The summed E-state index contributed by atoms with van der Waals surface area (Å²) in [5.41, 5.74) is 9.74. The molecule has 1 aromatic heterocycles. The number of benzene rings is 3. The molecule has 124 valence electrons. The number of nitrogens with zero attached hydrogens (tertiary/aromatic N) is 1. The van der Waals surface area contributed by atoms with Crippen molar-refractivity contribution in [3.05, 3.63) is 77.3 Å². The molecule has 0 atom stereocenters. The van der Waals surface area contributed by atoms with Crippen LogP contribution in [0, 0.1) is 0 Å². The second-order valence-corrected chi connectivity index (χ2v) is 6.19. The lowest BCUT2D eigenvalue weighted by atomic mass is 10.0. The number of halogens is 1. The van der Waals surface area contributed by atoms with E-state index in [9.17, 15) is 0 Å². The van der Waals surface area contributed by atoms with E-state index in [1.165, 1.54) is 0 Å². The van der Waals surface area contributed by atoms with Gasteiger partial charge in [0.1, 0.15) is 12.4 Å². The Kier molecular flexibility index (Phi) is 4.04. The average molecular weight is 350 g/mol. The van der Waals surface area contributed by atoms with Crippen LogP contribution < -0.4 is 10.5 Å². The van der Waals surface area contributed by atoms with Crippen LogP contribution >= 0.6 is 11.6 Å². The smallest absolute Gasteiger partial charge is 0.153 e. The fourth-order valence-corrected chi connectivity index (χ4v) is 3.05. The molecule has 4 rings (SSSR count). The Morgan fingerprint density at radius 1 is 1.00 bits per heavy atom. The van der Waals surface area contributed by atoms with E-state index < -0.39 is 0 Å². The third kappa shape index (κ3) is 3.16. The molecule has 0 aliphatic heterocycles. The largest absolute Gasteiger partial charge is 0.489 e. The quantitative estimate of drug-likeness (QED) is 0.542. The Balaban J connectivity index is 1.58. The Morgan fingerprint density at radius 3 is 2.64 bits per heavy atom. The van der Waals surface area contributed by atoms with E-state index in [4.69, 9.17) is 22.1 Å². The van der Waals surface area contributed by atoms with Gasteiger partial charge in [-0.3, -0.25) is 5.10 Å². The maximum Gasteiger partial charge on any atom is 0.153 e. The molecule has 0 fully saturated rings. The van der Waals surface area contributed by atoms with Crippen molar-refractivity contribution in [1.29, 1.82) is 0 Å². The molecule has 3 N–H and O–H groups in total. The standard InChI is InChI=1S/C20H16ClN3O/c21-18-11-15(25-12-13-4-2-1-3-5-13)7-9-16(18)14-6-8-17-19(10-14)23-24-20(17)22/h1-11H,12H2,(H3,22,23,24). The summed E-state index contributed by atoms with van der Waals surface area (Å²) in [6.07, 6.45) is 0. The molecule has 1 heterocycles. The Labute approximate surface area is 150 Å². The highest BCUT2D eigenvalue weighted by atomic mass is 35.5. The predicted molar refractivity (Wildman–Crippen MR) is 102 cm³/mol. The summed E-state index contributed by atoms with van der Waals surface area (Å²) in [7, 11) is 0. The first-order chi connectivity index (χ1) is 12.2. The number of H-pyrrole nitrogens is 1. The van der Waals surface area contributed by atoms with Crippen molar-refractivity contribution >= 4 is 28.3 Å². The number of aromatic nitrogens is 2. The first kappa shape index (κ1) is 15.5. The first-order valence-electron chi connectivity index (χ1n) is 7.91. The molecule has 0 spiro atoms. The van der Waals surface area contributed by atoms with Gasteiger partial charge >= 0.3 is 0 Å². The van der Waals surface area contributed by atoms with Gasteiger partial charge in [0.2, 0.25) is 0 Å². The van der Waals surface area contributed by atoms with Crippen LogP contribution in [0.5, 0.6) is 5.75 Å². The van der Waals surface area contributed by atoms with Crippen LogP contribution in [-0.2, 0) is 6.61 Å². The number of aromatic amines is 1. The van der Waals surface area contributed by atoms with Crippen molar-refractivity contribution in [3.63, 3.8) is 0 Å². The summed E-state index contributed by atoms with van der Waals surface area (Å²) in [4.78, 5) is 0. The average Bonchev–Trinajstić information content (AvgIpc) is 3.01. The van der Waals surface area contributed by atoms with E-state index in [0.717, 1.165) is 33.3 Å². The van der Waals surface area contributed by atoms with Crippen molar-refractivity contribution in [2.75, 3.05) is 5.73 Å². The molecule has 0 bridgehead atoms. The predicted octanol–water partition coefficient (Wildman–Crippen LogP) is 5.04. The van der Waals surface area contributed by atoms with Gasteiger partial charge < -0.3 is 10.5 Å². The third-order valence-corrected chi connectivity index (χ3v) is 4.40. The summed E-state index contributed by atoms with van der Waals surface area (Å²) in [6.45, 7) is 0.510. The Hall–Kier alpha value is -2.98. The zero-order valence-corrected chi connectivity index (χ0v) is 14.1. The van der Waals surface area contributed by atoms with E-state index in [0.29, 0.717) is 17.4 Å². The number of hydrogen-bond acceptors (Lipinski definition) is 3. The molecule has 0 saturated carbocycles. The molecule has 5 heteroatoms. The fraction of sp³-hybridized carbons (Fsp3) is 0.0500. The maximum atomic E-state index is 6.47. The van der Waals surface area contributed by atoms with Gasteiger partial charge in [-0.05, 0) is 41.5 Å². The lowest BCUT2D eigenvalue weighted by Gasteiger charge is -2.10. The van der Waals surface area contributed by atoms with Gasteiger partial charge in [0.05, 0.1) is 10.5 Å². The van der Waals surface area contributed by atoms with Crippen LogP contribution in [0.3, 0.4) is 0 Å². The number of rotatable bonds is 4. The number of ether oxygens (including phenoxy) is 1. The molecule has 3 aromatic carbocycles. The van der Waals surface area contributed by atoms with Crippen molar-refractivity contribution in [1.82, 2.24) is 10.2 Å². The Morgan fingerprint density at radius 2 is 1.84 bits per heavy atom. The summed E-state index contributed by atoms with van der Waals surface area (Å²) < 4.78 is 5.82. The molecule has 0 aliphatic rings. The van der Waals surface area contributed by atoms with E-state index >= 15 is 0 Å². The first-order valence-corrected chi connectivity index (χ1v) is 8.29. The zero-order valence-electron chi connectivity index (χ0n) is 13.4. The number of nitrogen functional groups attached to an aromatic ring is 1. The normalized spacial score (nSPS) is 10.9. The van der Waals surface area contributed by atoms with Gasteiger partial charge in [-0.25, -0.2) is 0 Å². The summed E-state index contributed by atoms with van der Waals surface area (Å²) in [5, 5.41) is 8.49. The van der Waals surface area contributed by atoms with E-state index in [1.54, 1.807) is 0 Å². The number of fused-ring (bicyclic) bond motifs is 1. The molecule has 4 aromatic rings. The number of anilines is 1. The molecule has 4 nitrogen and oxygen atoms in total. The summed E-state index contributed by atoms with van der Waals surface area (Å²) in [6, 6.07) is 21.7. The summed E-state index contributed by atoms with van der Waals surface area (Å²) >= 11 is 6.47. The van der Waals surface area contributed by atoms with E-state index in [-0.39, 0.29) is 0 Å². The zero-order chi connectivity index (χ0) is 17.2. The number of hydrogen-bond donors (Lipinski definition) is 2. The van der Waals surface area contributed by atoms with Crippen molar-refractivity contribution in [2.24, 2.45) is 0 Å². The molecule has 0 aliphatic carbocycles. The van der Waals surface area contributed by atoms with Gasteiger partial charge in [-0.2, -0.15) is 5.10 Å². The third-order valence-electron chi connectivity index (χ3n) is 4.09. The lowest BCUT2D eigenvalue weighted by molar-refractivity contribution is 0.306. The highest BCUT2D eigenvalue weighted by Crippen LogP contribution is 2.33. The molecular weight excluding hydrogens is 334 g/mol. The number of nitrogens with two attached hydrogens (primary N) is 1. The molecule has 0 saturated heterocycles. The van der Waals surface area contributed by atoms with Gasteiger partial charge in [-0.1, -0.05) is 48.0 Å². The van der Waals surface area contributed by atoms with Crippen LogP contribution in [-0.4, -0.2) is 10.2 Å². The lowest BCUT2D eigenvalue weighted by Crippen LogP contribution is -1.95. The fourth-order valence-electron chi connectivity index (χ4n) is 2.77. The van der Waals surface area contributed by atoms with Crippen LogP contribution in [0.25, 0.3) is 22.0 Å². The Bertz CT molecular complexity index is 1030. The second-order valence-electron chi connectivity index (χ2n) is 5.79. The van der Waals surface area contributed by atoms with Crippen molar-refractivity contribution in [2.45, 2.75) is 6.61 Å².